The van der Waals surface area contributed by atoms with Crippen LogP contribution in [0.3, 0.4) is 0 Å². The van der Waals surface area contributed by atoms with Crippen LogP contribution in [0, 0.1) is 5.82 Å². The minimum atomic E-state index is -0.263. The molecule has 0 saturated heterocycles. The molecule has 2 rings (SSSR count). The molecule has 0 heterocycles. The maximum Gasteiger partial charge on any atom is 0.241 e. The summed E-state index contributed by atoms with van der Waals surface area (Å²) in [4.78, 5) is 18.3. The monoisotopic (exact) mass is 370 g/mol. The molecule has 0 bridgehead atoms. The Labute approximate surface area is 160 Å². The minimum Gasteiger partial charge on any atom is -0.357 e. The van der Waals surface area contributed by atoms with E-state index in [2.05, 4.69) is 15.6 Å². The second kappa shape index (κ2) is 11.0. The summed E-state index contributed by atoms with van der Waals surface area (Å²) in [6.07, 6.45) is 0.788. The molecule has 5 nitrogen and oxygen atoms in total. The first-order valence-corrected chi connectivity index (χ1v) is 9.13. The number of aliphatic imine (C=N–C) groups is 1. The fraction of sp³-hybridized carbons (Fsp3) is 0.333. The number of hydrogen-bond acceptors (Lipinski definition) is 2. The molecule has 0 spiro atoms. The van der Waals surface area contributed by atoms with Gasteiger partial charge in [0.2, 0.25) is 5.91 Å². The number of amides is 1. The van der Waals surface area contributed by atoms with Gasteiger partial charge in [0, 0.05) is 26.7 Å². The first-order chi connectivity index (χ1) is 13.1. The van der Waals surface area contributed by atoms with Crippen LogP contribution in [0.5, 0.6) is 0 Å². The lowest BCUT2D eigenvalue weighted by Crippen LogP contribution is -2.39. The molecule has 0 unspecified atom stereocenters. The number of halogens is 1. The maximum absolute atomic E-state index is 13.3. The molecule has 0 aliphatic heterocycles. The van der Waals surface area contributed by atoms with E-state index in [1.54, 1.807) is 6.07 Å². The van der Waals surface area contributed by atoms with Crippen molar-refractivity contribution in [1.29, 1.82) is 0 Å². The Bertz CT molecular complexity index is 749. The van der Waals surface area contributed by atoms with Gasteiger partial charge in [0.25, 0.3) is 0 Å². The summed E-state index contributed by atoms with van der Waals surface area (Å²) >= 11 is 0. The van der Waals surface area contributed by atoms with E-state index in [0.29, 0.717) is 25.6 Å². The molecule has 6 heteroatoms. The van der Waals surface area contributed by atoms with Gasteiger partial charge in [-0.25, -0.2) is 9.38 Å². The van der Waals surface area contributed by atoms with Gasteiger partial charge in [0.05, 0.1) is 0 Å². The topological polar surface area (TPSA) is 56.7 Å². The predicted octanol–water partition coefficient (Wildman–Crippen LogP) is 2.58. The fourth-order valence-electron chi connectivity index (χ4n) is 2.65. The molecule has 0 saturated carbocycles. The van der Waals surface area contributed by atoms with Gasteiger partial charge in [-0.1, -0.05) is 42.5 Å². The quantitative estimate of drug-likeness (QED) is 0.555. The normalized spacial score (nSPS) is 11.1. The maximum atomic E-state index is 13.3. The predicted molar refractivity (Wildman–Crippen MR) is 107 cm³/mol. The Kier molecular flexibility index (Phi) is 8.29. The molecule has 2 aromatic carbocycles. The number of nitrogens with zero attached hydrogens (tertiary/aromatic N) is 2. The summed E-state index contributed by atoms with van der Waals surface area (Å²) in [5, 5.41) is 6.04. The molecule has 0 aliphatic rings. The summed E-state index contributed by atoms with van der Waals surface area (Å²) in [6, 6.07) is 16.5. The summed E-state index contributed by atoms with van der Waals surface area (Å²) in [5.41, 5.74) is 2.03. The van der Waals surface area contributed by atoms with Gasteiger partial charge in [-0.3, -0.25) is 4.79 Å². The van der Waals surface area contributed by atoms with E-state index < -0.39 is 0 Å². The lowest BCUT2D eigenvalue weighted by molar-refractivity contribution is -0.119. The standard InChI is InChI=1S/C21H27FN4O/c1-3-23-21(26(2)16-18-10-7-11-19(22)14-18)25-15-20(27)24-13-12-17-8-5-4-6-9-17/h4-11,14H,3,12-13,15-16H2,1-2H3,(H,23,25)(H,24,27). The van der Waals surface area contributed by atoms with Crippen molar-refractivity contribution >= 4 is 11.9 Å². The van der Waals surface area contributed by atoms with Crippen molar-refractivity contribution in [2.75, 3.05) is 26.7 Å². The van der Waals surface area contributed by atoms with Crippen LogP contribution in [-0.4, -0.2) is 43.4 Å². The van der Waals surface area contributed by atoms with Crippen LogP contribution in [0.1, 0.15) is 18.1 Å². The summed E-state index contributed by atoms with van der Waals surface area (Å²) in [6.45, 7) is 3.77. The highest BCUT2D eigenvalue weighted by molar-refractivity contribution is 5.84. The smallest absolute Gasteiger partial charge is 0.241 e. The number of rotatable bonds is 8. The van der Waals surface area contributed by atoms with E-state index in [1.807, 2.05) is 55.3 Å². The van der Waals surface area contributed by atoms with Crippen LogP contribution in [0.4, 0.5) is 4.39 Å². The largest absolute Gasteiger partial charge is 0.357 e. The number of carbonyl (C=O) groups excluding carboxylic acids is 1. The molecule has 0 atom stereocenters. The summed E-state index contributed by atoms with van der Waals surface area (Å²) < 4.78 is 13.3. The molecule has 0 fully saturated rings. The minimum absolute atomic E-state index is 0.0462. The SMILES string of the molecule is CCNC(=NCC(=O)NCCc1ccccc1)N(C)Cc1cccc(F)c1. The number of carbonyl (C=O) groups is 1. The average Bonchev–Trinajstić information content (AvgIpc) is 2.66. The molecule has 0 aromatic heterocycles. The van der Waals surface area contributed by atoms with Gasteiger partial charge in [-0.15, -0.1) is 0 Å². The van der Waals surface area contributed by atoms with Crippen LogP contribution in [0.15, 0.2) is 59.6 Å². The van der Waals surface area contributed by atoms with Gasteiger partial charge in [0.15, 0.2) is 5.96 Å². The summed E-state index contributed by atoms with van der Waals surface area (Å²) in [7, 11) is 1.86. The van der Waals surface area contributed by atoms with Crippen LogP contribution >= 0.6 is 0 Å². The van der Waals surface area contributed by atoms with Crippen LogP contribution in [0.25, 0.3) is 0 Å². The fourth-order valence-corrected chi connectivity index (χ4v) is 2.65. The van der Waals surface area contributed by atoms with Crippen LogP contribution in [0.2, 0.25) is 0 Å². The van der Waals surface area contributed by atoms with Crippen molar-refractivity contribution in [2.45, 2.75) is 19.9 Å². The van der Waals surface area contributed by atoms with Gasteiger partial charge in [-0.05, 0) is 36.6 Å². The van der Waals surface area contributed by atoms with E-state index in [-0.39, 0.29) is 18.3 Å². The number of benzene rings is 2. The van der Waals surface area contributed by atoms with Crippen molar-refractivity contribution in [1.82, 2.24) is 15.5 Å². The number of hydrogen-bond donors (Lipinski definition) is 2. The van der Waals surface area contributed by atoms with E-state index in [0.717, 1.165) is 12.0 Å². The van der Waals surface area contributed by atoms with Crippen molar-refractivity contribution in [3.63, 3.8) is 0 Å². The van der Waals surface area contributed by atoms with Gasteiger partial charge >= 0.3 is 0 Å². The van der Waals surface area contributed by atoms with Gasteiger partial charge < -0.3 is 15.5 Å². The lowest BCUT2D eigenvalue weighted by atomic mass is 10.1. The second-order valence-corrected chi connectivity index (χ2v) is 6.24. The molecule has 0 radical (unpaired) electrons. The van der Waals surface area contributed by atoms with Crippen LogP contribution < -0.4 is 10.6 Å². The Morgan fingerprint density at radius 3 is 2.52 bits per heavy atom. The number of guanidine groups is 1. The number of nitrogens with one attached hydrogen (secondary N) is 2. The molecule has 2 N–H and O–H groups in total. The Balaban J connectivity index is 1.84. The first kappa shape index (κ1) is 20.4. The van der Waals surface area contributed by atoms with Crippen LogP contribution in [-0.2, 0) is 17.8 Å². The molecular formula is C21H27FN4O. The average molecular weight is 370 g/mol. The zero-order valence-corrected chi connectivity index (χ0v) is 15.9. The van der Waals surface area contributed by atoms with Crippen molar-refractivity contribution in [3.8, 4) is 0 Å². The third kappa shape index (κ3) is 7.48. The van der Waals surface area contributed by atoms with Crippen molar-refractivity contribution in [3.05, 3.63) is 71.5 Å². The van der Waals surface area contributed by atoms with Crippen molar-refractivity contribution in [2.24, 2.45) is 4.99 Å². The Morgan fingerprint density at radius 1 is 1.07 bits per heavy atom. The Morgan fingerprint density at radius 2 is 1.81 bits per heavy atom. The molecule has 1 amide bonds. The molecular weight excluding hydrogens is 343 g/mol. The zero-order chi connectivity index (χ0) is 19.5. The van der Waals surface area contributed by atoms with E-state index in [4.69, 9.17) is 0 Å². The molecule has 144 valence electrons. The second-order valence-electron chi connectivity index (χ2n) is 6.24. The highest BCUT2D eigenvalue weighted by atomic mass is 19.1. The third-order valence-corrected chi connectivity index (χ3v) is 3.96. The zero-order valence-electron chi connectivity index (χ0n) is 15.9. The Hall–Kier alpha value is -2.89. The molecule has 27 heavy (non-hydrogen) atoms. The molecule has 2 aromatic rings. The first-order valence-electron chi connectivity index (χ1n) is 9.13. The van der Waals surface area contributed by atoms with Gasteiger partial charge in [-0.2, -0.15) is 0 Å². The van der Waals surface area contributed by atoms with E-state index in [9.17, 15) is 9.18 Å². The summed E-state index contributed by atoms with van der Waals surface area (Å²) in [5.74, 6) is 0.223. The lowest BCUT2D eigenvalue weighted by Gasteiger charge is -2.22. The molecule has 0 aliphatic carbocycles. The third-order valence-electron chi connectivity index (χ3n) is 3.96. The van der Waals surface area contributed by atoms with E-state index >= 15 is 0 Å². The van der Waals surface area contributed by atoms with Gasteiger partial charge in [0.1, 0.15) is 12.4 Å². The van der Waals surface area contributed by atoms with E-state index in [1.165, 1.54) is 17.7 Å². The highest BCUT2D eigenvalue weighted by Crippen LogP contribution is 2.06. The van der Waals surface area contributed by atoms with Crippen molar-refractivity contribution < 1.29 is 9.18 Å². The highest BCUT2D eigenvalue weighted by Gasteiger charge is 2.08.